The van der Waals surface area contributed by atoms with Gasteiger partial charge in [-0.05, 0) is 44.0 Å². The zero-order chi connectivity index (χ0) is 22.1. The Morgan fingerprint density at radius 1 is 1.07 bits per heavy atom. The number of para-hydroxylation sites is 1. The van der Waals surface area contributed by atoms with Gasteiger partial charge in [0.15, 0.2) is 5.76 Å². The molecule has 1 aromatic heterocycles. The summed E-state index contributed by atoms with van der Waals surface area (Å²) in [5.41, 5.74) is 3.32. The molecule has 2 aromatic carbocycles. The zero-order valence-electron chi connectivity index (χ0n) is 18.0. The molecule has 160 valence electrons. The Bertz CT molecular complexity index is 1160. The standard InChI is InChI=1S/C23H28N2O4S/c1-6-25(7-2)30(27,28)19-13-11-18(12-14-19)17(5)24-23(26)22-16(4)20-10-8-9-15(3)21(20)29-22/h8-14,17H,6-7H2,1-5H3,(H,24,26). The van der Waals surface area contributed by atoms with E-state index in [9.17, 15) is 13.2 Å². The summed E-state index contributed by atoms with van der Waals surface area (Å²) in [5.74, 6) is 0.00215. The van der Waals surface area contributed by atoms with Crippen LogP contribution in [0.3, 0.4) is 0 Å². The first-order valence-corrected chi connectivity index (χ1v) is 11.5. The number of carbonyl (C=O) groups is 1. The van der Waals surface area contributed by atoms with Crippen LogP contribution in [0.4, 0.5) is 0 Å². The third kappa shape index (κ3) is 4.00. The second kappa shape index (κ2) is 8.62. The van der Waals surface area contributed by atoms with Gasteiger partial charge in [0.2, 0.25) is 10.0 Å². The number of carbonyl (C=O) groups excluding carboxylic acids is 1. The Hall–Kier alpha value is -2.64. The molecule has 0 aliphatic rings. The van der Waals surface area contributed by atoms with Gasteiger partial charge in [-0.3, -0.25) is 4.79 Å². The highest BCUT2D eigenvalue weighted by atomic mass is 32.2. The van der Waals surface area contributed by atoms with Crippen molar-refractivity contribution in [2.45, 2.75) is 45.6 Å². The molecular weight excluding hydrogens is 400 g/mol. The van der Waals surface area contributed by atoms with Gasteiger partial charge in [-0.15, -0.1) is 0 Å². The maximum Gasteiger partial charge on any atom is 0.287 e. The number of nitrogens with one attached hydrogen (secondary N) is 1. The summed E-state index contributed by atoms with van der Waals surface area (Å²) < 4.78 is 32.5. The SMILES string of the molecule is CCN(CC)S(=O)(=O)c1ccc(C(C)NC(=O)c2oc3c(C)cccc3c2C)cc1. The topological polar surface area (TPSA) is 79.6 Å². The average molecular weight is 429 g/mol. The van der Waals surface area contributed by atoms with E-state index in [-0.39, 0.29) is 16.8 Å². The largest absolute Gasteiger partial charge is 0.450 e. The summed E-state index contributed by atoms with van der Waals surface area (Å²) >= 11 is 0. The zero-order valence-corrected chi connectivity index (χ0v) is 18.8. The van der Waals surface area contributed by atoms with E-state index in [1.165, 1.54) is 4.31 Å². The number of fused-ring (bicyclic) bond motifs is 1. The normalized spacial score (nSPS) is 13.0. The molecule has 1 atom stereocenters. The molecule has 1 N–H and O–H groups in total. The van der Waals surface area contributed by atoms with Crippen LogP contribution in [0.5, 0.6) is 0 Å². The predicted molar refractivity (Wildman–Crippen MR) is 118 cm³/mol. The smallest absolute Gasteiger partial charge is 0.287 e. The number of furan rings is 1. The summed E-state index contributed by atoms with van der Waals surface area (Å²) in [6.45, 7) is 10.1. The van der Waals surface area contributed by atoms with E-state index >= 15 is 0 Å². The summed E-state index contributed by atoms with van der Waals surface area (Å²) in [6, 6.07) is 12.2. The molecule has 30 heavy (non-hydrogen) atoms. The van der Waals surface area contributed by atoms with Crippen molar-refractivity contribution in [2.24, 2.45) is 0 Å². The molecule has 1 unspecified atom stereocenters. The van der Waals surface area contributed by atoms with Crippen molar-refractivity contribution in [3.8, 4) is 0 Å². The van der Waals surface area contributed by atoms with Crippen molar-refractivity contribution in [3.63, 3.8) is 0 Å². The van der Waals surface area contributed by atoms with Crippen molar-refractivity contribution in [1.82, 2.24) is 9.62 Å². The molecule has 0 saturated heterocycles. The van der Waals surface area contributed by atoms with Gasteiger partial charge in [0.05, 0.1) is 10.9 Å². The Balaban J connectivity index is 1.80. The van der Waals surface area contributed by atoms with Crippen LogP contribution in [0.2, 0.25) is 0 Å². The van der Waals surface area contributed by atoms with Crippen LogP contribution in [-0.4, -0.2) is 31.7 Å². The molecule has 1 heterocycles. The van der Waals surface area contributed by atoms with Crippen LogP contribution in [0.1, 0.15) is 54.1 Å². The van der Waals surface area contributed by atoms with Crippen LogP contribution >= 0.6 is 0 Å². The van der Waals surface area contributed by atoms with Crippen molar-refractivity contribution >= 4 is 26.9 Å². The van der Waals surface area contributed by atoms with E-state index < -0.39 is 10.0 Å². The second-order valence-corrected chi connectivity index (χ2v) is 9.30. The number of aryl methyl sites for hydroxylation is 2. The van der Waals surface area contributed by atoms with Crippen LogP contribution in [-0.2, 0) is 10.0 Å². The first-order chi connectivity index (χ1) is 14.2. The number of amides is 1. The lowest BCUT2D eigenvalue weighted by molar-refractivity contribution is 0.0913. The summed E-state index contributed by atoms with van der Waals surface area (Å²) in [5, 5.41) is 3.87. The third-order valence-corrected chi connectivity index (χ3v) is 7.50. The highest BCUT2D eigenvalue weighted by Gasteiger charge is 2.23. The van der Waals surface area contributed by atoms with E-state index in [1.807, 2.05) is 52.8 Å². The van der Waals surface area contributed by atoms with Crippen molar-refractivity contribution in [3.05, 3.63) is 64.9 Å². The van der Waals surface area contributed by atoms with E-state index in [0.717, 1.165) is 27.7 Å². The van der Waals surface area contributed by atoms with Gasteiger partial charge in [-0.1, -0.05) is 44.2 Å². The Morgan fingerprint density at radius 2 is 1.70 bits per heavy atom. The minimum Gasteiger partial charge on any atom is -0.450 e. The lowest BCUT2D eigenvalue weighted by atomic mass is 10.1. The minimum absolute atomic E-state index is 0.247. The summed E-state index contributed by atoms with van der Waals surface area (Å²) in [6.07, 6.45) is 0. The first kappa shape index (κ1) is 22.1. The van der Waals surface area contributed by atoms with Crippen LogP contribution < -0.4 is 5.32 Å². The minimum atomic E-state index is -3.50. The lowest BCUT2D eigenvalue weighted by Gasteiger charge is -2.19. The quantitative estimate of drug-likeness (QED) is 0.598. The Kier molecular flexibility index (Phi) is 6.33. The lowest BCUT2D eigenvalue weighted by Crippen LogP contribution is -2.30. The molecule has 0 radical (unpaired) electrons. The molecule has 0 saturated carbocycles. The molecule has 7 heteroatoms. The molecule has 0 spiro atoms. The number of rotatable bonds is 7. The molecule has 1 amide bonds. The van der Waals surface area contributed by atoms with Crippen molar-refractivity contribution in [1.29, 1.82) is 0 Å². The van der Waals surface area contributed by atoms with Crippen molar-refractivity contribution < 1.29 is 17.6 Å². The monoisotopic (exact) mass is 428 g/mol. The van der Waals surface area contributed by atoms with Crippen LogP contribution in [0.25, 0.3) is 11.0 Å². The predicted octanol–water partition coefficient (Wildman–Crippen LogP) is 4.57. The van der Waals surface area contributed by atoms with Gasteiger partial charge in [-0.25, -0.2) is 8.42 Å². The number of sulfonamides is 1. The van der Waals surface area contributed by atoms with Gasteiger partial charge in [0.25, 0.3) is 5.91 Å². The fraction of sp³-hybridized carbons (Fsp3) is 0.348. The van der Waals surface area contributed by atoms with Gasteiger partial charge in [0.1, 0.15) is 5.58 Å². The van der Waals surface area contributed by atoms with E-state index in [2.05, 4.69) is 5.32 Å². The van der Waals surface area contributed by atoms with Gasteiger partial charge in [-0.2, -0.15) is 4.31 Å². The Morgan fingerprint density at radius 3 is 2.27 bits per heavy atom. The average Bonchev–Trinajstić information content (AvgIpc) is 3.07. The number of hydrogen-bond acceptors (Lipinski definition) is 4. The van der Waals surface area contributed by atoms with Crippen molar-refractivity contribution in [2.75, 3.05) is 13.1 Å². The molecule has 0 aliphatic carbocycles. The Labute approximate surface area is 177 Å². The van der Waals surface area contributed by atoms with E-state index in [4.69, 9.17) is 4.42 Å². The molecule has 3 aromatic rings. The van der Waals surface area contributed by atoms with Crippen LogP contribution in [0.15, 0.2) is 51.8 Å². The van der Waals surface area contributed by atoms with Gasteiger partial charge in [0, 0.05) is 24.0 Å². The van der Waals surface area contributed by atoms with E-state index in [0.29, 0.717) is 18.8 Å². The highest BCUT2D eigenvalue weighted by Crippen LogP contribution is 2.28. The molecule has 0 aliphatic heterocycles. The molecule has 3 rings (SSSR count). The number of nitrogens with zero attached hydrogens (tertiary/aromatic N) is 1. The molecule has 0 fully saturated rings. The second-order valence-electron chi connectivity index (χ2n) is 7.36. The number of hydrogen-bond donors (Lipinski definition) is 1. The maximum absolute atomic E-state index is 12.8. The fourth-order valence-corrected chi connectivity index (χ4v) is 5.05. The number of benzene rings is 2. The molecule has 0 bridgehead atoms. The fourth-order valence-electron chi connectivity index (χ4n) is 3.59. The van der Waals surface area contributed by atoms with Gasteiger partial charge < -0.3 is 9.73 Å². The maximum atomic E-state index is 12.8. The molecule has 6 nitrogen and oxygen atoms in total. The van der Waals surface area contributed by atoms with Crippen LogP contribution in [0, 0.1) is 13.8 Å². The van der Waals surface area contributed by atoms with E-state index in [1.54, 1.807) is 24.3 Å². The summed E-state index contributed by atoms with van der Waals surface area (Å²) in [7, 11) is -3.50. The summed E-state index contributed by atoms with van der Waals surface area (Å²) in [4.78, 5) is 13.1. The molecular formula is C23H28N2O4S. The first-order valence-electron chi connectivity index (χ1n) is 10.1. The third-order valence-electron chi connectivity index (χ3n) is 5.44. The van der Waals surface area contributed by atoms with Gasteiger partial charge >= 0.3 is 0 Å². The highest BCUT2D eigenvalue weighted by molar-refractivity contribution is 7.89.